The standard InChI is InChI=1S/C26H22N4O2/c1-17-15-21(3-5-23(17)29-25(31)19-7-11-27-12-8-19)22-4-6-24(18(2)16-22)30-26(32)20-9-13-28-14-10-20/h3-16H,1-2H3,(H,29,31)(H,30,32). The summed E-state index contributed by atoms with van der Waals surface area (Å²) < 4.78 is 0. The second-order valence-electron chi connectivity index (χ2n) is 7.44. The number of hydrogen-bond acceptors (Lipinski definition) is 4. The molecule has 2 N–H and O–H groups in total. The van der Waals surface area contributed by atoms with Gasteiger partial charge in [-0.1, -0.05) is 12.1 Å². The highest BCUT2D eigenvalue weighted by atomic mass is 16.2. The highest BCUT2D eigenvalue weighted by molar-refractivity contribution is 6.05. The van der Waals surface area contributed by atoms with E-state index in [2.05, 4.69) is 20.6 Å². The molecule has 0 bridgehead atoms. The number of pyridine rings is 2. The third-order valence-corrected chi connectivity index (χ3v) is 5.17. The van der Waals surface area contributed by atoms with Crippen LogP contribution in [-0.2, 0) is 0 Å². The topological polar surface area (TPSA) is 84.0 Å². The van der Waals surface area contributed by atoms with Gasteiger partial charge in [0.15, 0.2) is 0 Å². The smallest absolute Gasteiger partial charge is 0.255 e. The number of carbonyl (C=O) groups is 2. The van der Waals surface area contributed by atoms with E-state index in [4.69, 9.17) is 0 Å². The maximum absolute atomic E-state index is 12.4. The van der Waals surface area contributed by atoms with Crippen molar-refractivity contribution in [2.45, 2.75) is 13.8 Å². The molecule has 0 fully saturated rings. The van der Waals surface area contributed by atoms with E-state index < -0.39 is 0 Å². The van der Waals surface area contributed by atoms with Crippen LogP contribution in [0.5, 0.6) is 0 Å². The van der Waals surface area contributed by atoms with Gasteiger partial charge in [-0.25, -0.2) is 0 Å². The molecule has 0 aliphatic heterocycles. The number of carbonyl (C=O) groups excluding carboxylic acids is 2. The molecule has 32 heavy (non-hydrogen) atoms. The van der Waals surface area contributed by atoms with E-state index >= 15 is 0 Å². The monoisotopic (exact) mass is 422 g/mol. The summed E-state index contributed by atoms with van der Waals surface area (Å²) in [7, 11) is 0. The van der Waals surface area contributed by atoms with Crippen molar-refractivity contribution in [2.24, 2.45) is 0 Å². The lowest BCUT2D eigenvalue weighted by atomic mass is 9.99. The Morgan fingerprint density at radius 1 is 0.594 bits per heavy atom. The Labute approximate surface area is 186 Å². The number of anilines is 2. The summed E-state index contributed by atoms with van der Waals surface area (Å²) in [5.74, 6) is -0.346. The lowest BCUT2D eigenvalue weighted by Gasteiger charge is -2.13. The van der Waals surface area contributed by atoms with Gasteiger partial charge in [-0.2, -0.15) is 0 Å². The Bertz CT molecular complexity index is 1170. The highest BCUT2D eigenvalue weighted by Crippen LogP contribution is 2.28. The van der Waals surface area contributed by atoms with Gasteiger partial charge in [0.1, 0.15) is 0 Å². The maximum atomic E-state index is 12.4. The Hall–Kier alpha value is -4.32. The van der Waals surface area contributed by atoms with Crippen molar-refractivity contribution in [3.05, 3.63) is 108 Å². The summed E-state index contributed by atoms with van der Waals surface area (Å²) in [5.41, 5.74) is 6.60. The second kappa shape index (κ2) is 9.22. The molecule has 0 saturated heterocycles. The number of aromatic nitrogens is 2. The number of nitrogens with zero attached hydrogens (tertiary/aromatic N) is 2. The van der Waals surface area contributed by atoms with E-state index in [1.165, 1.54) is 0 Å². The van der Waals surface area contributed by atoms with Gasteiger partial charge >= 0.3 is 0 Å². The van der Waals surface area contributed by atoms with Crippen LogP contribution in [0, 0.1) is 13.8 Å². The summed E-state index contributed by atoms with van der Waals surface area (Å²) in [4.78, 5) is 32.7. The molecule has 2 aromatic heterocycles. The molecule has 2 heterocycles. The van der Waals surface area contributed by atoms with Crippen LogP contribution < -0.4 is 10.6 Å². The van der Waals surface area contributed by atoms with Gasteiger partial charge < -0.3 is 10.6 Å². The lowest BCUT2D eigenvalue weighted by Crippen LogP contribution is -2.13. The number of hydrogen-bond donors (Lipinski definition) is 2. The zero-order valence-corrected chi connectivity index (χ0v) is 17.8. The van der Waals surface area contributed by atoms with Gasteiger partial charge in [0.05, 0.1) is 0 Å². The normalized spacial score (nSPS) is 10.4. The highest BCUT2D eigenvalue weighted by Gasteiger charge is 2.11. The quantitative estimate of drug-likeness (QED) is 0.459. The number of amides is 2. The first-order valence-electron chi connectivity index (χ1n) is 10.2. The predicted molar refractivity (Wildman–Crippen MR) is 126 cm³/mol. The molecule has 0 saturated carbocycles. The van der Waals surface area contributed by atoms with E-state index in [1.54, 1.807) is 49.1 Å². The second-order valence-corrected chi connectivity index (χ2v) is 7.44. The Morgan fingerprint density at radius 2 is 0.969 bits per heavy atom. The molecule has 0 atom stereocenters. The minimum absolute atomic E-state index is 0.173. The minimum Gasteiger partial charge on any atom is -0.322 e. The Kier molecular flexibility index (Phi) is 6.03. The van der Waals surface area contributed by atoms with Gasteiger partial charge in [0.25, 0.3) is 11.8 Å². The van der Waals surface area contributed by atoms with Gasteiger partial charge in [-0.05, 0) is 84.6 Å². The summed E-state index contributed by atoms with van der Waals surface area (Å²) in [5, 5.41) is 5.89. The average molecular weight is 422 g/mol. The number of benzene rings is 2. The number of aryl methyl sites for hydroxylation is 2. The molecule has 4 aromatic rings. The fourth-order valence-corrected chi connectivity index (χ4v) is 3.36. The van der Waals surface area contributed by atoms with E-state index in [0.29, 0.717) is 11.1 Å². The van der Waals surface area contributed by atoms with Crippen LogP contribution in [0.25, 0.3) is 11.1 Å². The van der Waals surface area contributed by atoms with Crippen molar-refractivity contribution in [2.75, 3.05) is 10.6 Å². The van der Waals surface area contributed by atoms with E-state index in [1.807, 2.05) is 50.2 Å². The molecule has 0 radical (unpaired) electrons. The first-order chi connectivity index (χ1) is 15.5. The van der Waals surface area contributed by atoms with Gasteiger partial charge in [0, 0.05) is 47.3 Å². The van der Waals surface area contributed by atoms with Crippen LogP contribution in [0.4, 0.5) is 11.4 Å². The van der Waals surface area contributed by atoms with Crippen molar-refractivity contribution >= 4 is 23.2 Å². The van der Waals surface area contributed by atoms with Gasteiger partial charge in [-0.3, -0.25) is 19.6 Å². The third kappa shape index (κ3) is 4.70. The number of nitrogens with one attached hydrogen (secondary N) is 2. The largest absolute Gasteiger partial charge is 0.322 e. The molecule has 6 nitrogen and oxygen atoms in total. The molecular formula is C26H22N4O2. The van der Waals surface area contributed by atoms with Crippen molar-refractivity contribution < 1.29 is 9.59 Å². The fraction of sp³-hybridized carbons (Fsp3) is 0.0769. The van der Waals surface area contributed by atoms with Crippen LogP contribution in [0.3, 0.4) is 0 Å². The van der Waals surface area contributed by atoms with Crippen LogP contribution in [0.15, 0.2) is 85.5 Å². The van der Waals surface area contributed by atoms with E-state index in [-0.39, 0.29) is 11.8 Å². The van der Waals surface area contributed by atoms with Crippen LogP contribution in [0.1, 0.15) is 31.8 Å². The molecule has 0 spiro atoms. The lowest BCUT2D eigenvalue weighted by molar-refractivity contribution is 0.101. The van der Waals surface area contributed by atoms with Crippen LogP contribution >= 0.6 is 0 Å². The molecule has 2 aromatic carbocycles. The molecule has 158 valence electrons. The summed E-state index contributed by atoms with van der Waals surface area (Å²) >= 11 is 0. The molecule has 2 amide bonds. The molecule has 0 unspecified atom stereocenters. The van der Waals surface area contributed by atoms with Crippen molar-refractivity contribution in [3.63, 3.8) is 0 Å². The number of rotatable bonds is 5. The summed E-state index contributed by atoms with van der Waals surface area (Å²) in [6.07, 6.45) is 6.37. The zero-order chi connectivity index (χ0) is 22.5. The molecule has 4 rings (SSSR count). The molecule has 0 aliphatic carbocycles. The average Bonchev–Trinajstić information content (AvgIpc) is 2.82. The maximum Gasteiger partial charge on any atom is 0.255 e. The van der Waals surface area contributed by atoms with Crippen molar-refractivity contribution in [1.82, 2.24) is 9.97 Å². The third-order valence-electron chi connectivity index (χ3n) is 5.17. The van der Waals surface area contributed by atoms with Crippen molar-refractivity contribution in [1.29, 1.82) is 0 Å². The SMILES string of the molecule is Cc1cc(-c2ccc(NC(=O)c3ccncc3)c(C)c2)ccc1NC(=O)c1ccncc1. The van der Waals surface area contributed by atoms with Crippen LogP contribution in [-0.4, -0.2) is 21.8 Å². The molecule has 6 heteroatoms. The Balaban J connectivity index is 1.50. The van der Waals surface area contributed by atoms with E-state index in [9.17, 15) is 9.59 Å². The first-order valence-corrected chi connectivity index (χ1v) is 10.2. The zero-order valence-electron chi connectivity index (χ0n) is 17.8. The van der Waals surface area contributed by atoms with Gasteiger partial charge in [-0.15, -0.1) is 0 Å². The summed E-state index contributed by atoms with van der Waals surface area (Å²) in [6, 6.07) is 18.5. The van der Waals surface area contributed by atoms with Crippen LogP contribution in [0.2, 0.25) is 0 Å². The molecular weight excluding hydrogens is 400 g/mol. The Morgan fingerprint density at radius 3 is 1.31 bits per heavy atom. The van der Waals surface area contributed by atoms with E-state index in [0.717, 1.165) is 33.6 Å². The summed E-state index contributed by atoms with van der Waals surface area (Å²) in [6.45, 7) is 3.92. The fourth-order valence-electron chi connectivity index (χ4n) is 3.36. The van der Waals surface area contributed by atoms with Crippen molar-refractivity contribution in [3.8, 4) is 11.1 Å². The van der Waals surface area contributed by atoms with Gasteiger partial charge in [0.2, 0.25) is 0 Å². The molecule has 0 aliphatic rings. The first kappa shape index (κ1) is 20.9. The predicted octanol–water partition coefficient (Wildman–Crippen LogP) is 5.27. The minimum atomic E-state index is -0.173.